The van der Waals surface area contributed by atoms with Gasteiger partial charge in [0.2, 0.25) is 0 Å². The average molecular weight is 588 g/mol. The van der Waals surface area contributed by atoms with E-state index in [-0.39, 0.29) is 22.9 Å². The fourth-order valence-corrected chi connectivity index (χ4v) is 4.57. The van der Waals surface area contributed by atoms with Crippen LogP contribution in [0.15, 0.2) is 84.8 Å². The highest BCUT2D eigenvalue weighted by Crippen LogP contribution is 2.39. The second-order valence-corrected chi connectivity index (χ2v) is 11.4. The summed E-state index contributed by atoms with van der Waals surface area (Å²) in [6.07, 6.45) is 3.45. The summed E-state index contributed by atoms with van der Waals surface area (Å²) >= 11 is 1.44. The van der Waals surface area contributed by atoms with Crippen LogP contribution in [-0.4, -0.2) is 37.1 Å². The number of likely N-dealkylation sites (N-methyl/N-ethyl adjacent to an activating group) is 1. The monoisotopic (exact) mass is 587 g/mol. The van der Waals surface area contributed by atoms with Gasteiger partial charge in [-0.1, -0.05) is 75.7 Å². The minimum atomic E-state index is -0.318. The quantitative estimate of drug-likeness (QED) is 0.0473. The van der Waals surface area contributed by atoms with Crippen LogP contribution in [0.3, 0.4) is 0 Å². The summed E-state index contributed by atoms with van der Waals surface area (Å²) in [7, 11) is 3.30. The fraction of sp³-hybridized carbons (Fsp3) is 0.250. The van der Waals surface area contributed by atoms with Gasteiger partial charge < -0.3 is 25.4 Å². The van der Waals surface area contributed by atoms with Gasteiger partial charge in [-0.15, -0.1) is 0 Å². The highest BCUT2D eigenvalue weighted by molar-refractivity contribution is 7.99. The van der Waals surface area contributed by atoms with Gasteiger partial charge in [-0.05, 0) is 47.7 Å². The lowest BCUT2D eigenvalue weighted by molar-refractivity contribution is 0.102. The molecule has 42 heavy (non-hydrogen) atoms. The van der Waals surface area contributed by atoms with Gasteiger partial charge >= 0.3 is 0 Å². The maximum absolute atomic E-state index is 13.5. The third-order valence-electron chi connectivity index (χ3n) is 6.77. The van der Waals surface area contributed by atoms with Crippen LogP contribution >= 0.6 is 11.9 Å². The third kappa shape index (κ3) is 7.45. The molecule has 0 aliphatic heterocycles. The highest BCUT2D eigenvalue weighted by atomic mass is 32.2. The minimum absolute atomic E-state index is 0.151. The first kappa shape index (κ1) is 32.1. The topological polar surface area (TPSA) is 133 Å². The summed E-state index contributed by atoms with van der Waals surface area (Å²) in [5.41, 5.74) is 11.8. The van der Waals surface area contributed by atoms with Crippen LogP contribution < -0.4 is 31.4 Å². The van der Waals surface area contributed by atoms with Gasteiger partial charge in [-0.2, -0.15) is 0 Å². The number of hydrogen-bond donors (Lipinski definition) is 5. The van der Waals surface area contributed by atoms with Crippen molar-refractivity contribution in [2.75, 3.05) is 35.5 Å². The maximum atomic E-state index is 13.5. The van der Waals surface area contributed by atoms with E-state index < -0.39 is 0 Å². The molecule has 3 rings (SSSR count). The van der Waals surface area contributed by atoms with Gasteiger partial charge in [0.25, 0.3) is 5.91 Å². The fourth-order valence-electron chi connectivity index (χ4n) is 4.20. The van der Waals surface area contributed by atoms with Gasteiger partial charge in [-0.3, -0.25) is 15.2 Å². The first-order chi connectivity index (χ1) is 19.8. The molecule has 222 valence electrons. The number of carbonyl (C=O) groups excluding carboxylic acids is 1. The lowest BCUT2D eigenvalue weighted by Gasteiger charge is -2.25. The Morgan fingerprint density at radius 2 is 1.71 bits per heavy atom. The molecule has 0 fully saturated rings. The van der Waals surface area contributed by atoms with Gasteiger partial charge in [0.1, 0.15) is 5.84 Å². The molecule has 10 heteroatoms. The summed E-state index contributed by atoms with van der Waals surface area (Å²) in [6, 6.07) is 18.5. The van der Waals surface area contributed by atoms with E-state index >= 15 is 0 Å². The number of hydrogen-bond acceptors (Lipinski definition) is 8. The van der Waals surface area contributed by atoms with E-state index in [9.17, 15) is 4.79 Å². The minimum Gasteiger partial charge on any atom is -0.492 e. The normalized spacial score (nSPS) is 11.5. The van der Waals surface area contributed by atoms with Crippen LogP contribution in [0.2, 0.25) is 0 Å². The molecule has 0 saturated carbocycles. The molecular formula is C32H41N7O2S. The average Bonchev–Trinajstić information content (AvgIpc) is 2.96. The number of amides is 1. The number of aryl methyl sites for hydroxylation is 1. The summed E-state index contributed by atoms with van der Waals surface area (Å²) in [6.45, 7) is 12.3. The molecule has 0 aliphatic carbocycles. The number of ether oxygens (including phenoxy) is 1. The summed E-state index contributed by atoms with van der Waals surface area (Å²) < 4.78 is 8.93. The Kier molecular flexibility index (Phi) is 10.3. The van der Waals surface area contributed by atoms with E-state index in [1.807, 2.05) is 61.7 Å². The third-order valence-corrected chi connectivity index (χ3v) is 7.19. The second kappa shape index (κ2) is 13.5. The van der Waals surface area contributed by atoms with Gasteiger partial charge in [0.05, 0.1) is 35.6 Å². The van der Waals surface area contributed by atoms with Crippen LogP contribution in [0.5, 0.6) is 5.75 Å². The van der Waals surface area contributed by atoms with Crippen molar-refractivity contribution in [3.63, 3.8) is 0 Å². The molecule has 0 bridgehead atoms. The second-order valence-electron chi connectivity index (χ2n) is 10.8. The Hall–Kier alpha value is -4.41. The van der Waals surface area contributed by atoms with Crippen molar-refractivity contribution >= 4 is 40.8 Å². The number of anilines is 3. The van der Waals surface area contributed by atoms with Crippen LogP contribution in [0, 0.1) is 12.3 Å². The first-order valence-electron chi connectivity index (χ1n) is 13.3. The number of carbonyl (C=O) groups is 1. The first-order valence-corrected chi connectivity index (χ1v) is 14.5. The molecule has 9 nitrogen and oxygen atoms in total. The number of hydrazine groups is 1. The number of rotatable bonds is 10. The molecule has 0 saturated heterocycles. The van der Waals surface area contributed by atoms with Gasteiger partial charge in [-0.25, -0.2) is 5.84 Å². The Labute approximate surface area is 253 Å². The van der Waals surface area contributed by atoms with E-state index in [1.165, 1.54) is 23.2 Å². The zero-order valence-electron chi connectivity index (χ0n) is 25.3. The van der Waals surface area contributed by atoms with Crippen molar-refractivity contribution in [3.8, 4) is 5.75 Å². The van der Waals surface area contributed by atoms with Gasteiger partial charge in [0, 0.05) is 30.6 Å². The van der Waals surface area contributed by atoms with Crippen LogP contribution in [0.25, 0.3) is 0 Å². The summed E-state index contributed by atoms with van der Waals surface area (Å²) in [4.78, 5) is 15.1. The highest BCUT2D eigenvalue weighted by Gasteiger charge is 2.22. The van der Waals surface area contributed by atoms with Gasteiger partial charge in [0.15, 0.2) is 5.75 Å². The van der Waals surface area contributed by atoms with E-state index in [1.54, 1.807) is 31.2 Å². The Bertz CT molecular complexity index is 1500. The summed E-state index contributed by atoms with van der Waals surface area (Å²) in [5.74, 6) is 6.88. The van der Waals surface area contributed by atoms with E-state index in [0.717, 1.165) is 22.4 Å². The van der Waals surface area contributed by atoms with Crippen molar-refractivity contribution in [1.82, 2.24) is 4.90 Å². The van der Waals surface area contributed by atoms with Crippen molar-refractivity contribution in [2.24, 2.45) is 11.6 Å². The van der Waals surface area contributed by atoms with Crippen molar-refractivity contribution < 1.29 is 9.53 Å². The van der Waals surface area contributed by atoms with Crippen molar-refractivity contribution in [3.05, 3.63) is 107 Å². The SMILES string of the molecule is C=C(/C(N)=C/N(N)c1cc(C(=O)Nc2cc(C(C)(C)C)cc(NSC)c2OC)ccc1C)N(C)C(=N)c1ccccc1. The summed E-state index contributed by atoms with van der Waals surface area (Å²) in [5, 5.41) is 12.9. The molecule has 3 aromatic rings. The predicted octanol–water partition coefficient (Wildman–Crippen LogP) is 6.19. The molecule has 0 heterocycles. The number of amidine groups is 1. The van der Waals surface area contributed by atoms with Crippen LogP contribution in [0.1, 0.15) is 47.8 Å². The Balaban J connectivity index is 1.88. The van der Waals surface area contributed by atoms with E-state index in [4.69, 9.17) is 21.7 Å². The zero-order valence-corrected chi connectivity index (χ0v) is 26.1. The number of nitrogens with zero attached hydrogens (tertiary/aromatic N) is 2. The smallest absolute Gasteiger partial charge is 0.255 e. The Morgan fingerprint density at radius 1 is 1.07 bits per heavy atom. The van der Waals surface area contributed by atoms with E-state index in [2.05, 4.69) is 37.4 Å². The molecule has 0 aromatic heterocycles. The molecule has 0 aliphatic rings. The predicted molar refractivity (Wildman–Crippen MR) is 177 cm³/mol. The zero-order chi connectivity index (χ0) is 31.2. The molecular weight excluding hydrogens is 546 g/mol. The Morgan fingerprint density at radius 3 is 2.31 bits per heavy atom. The molecule has 3 aromatic carbocycles. The van der Waals surface area contributed by atoms with Crippen LogP contribution in [0.4, 0.5) is 17.1 Å². The largest absolute Gasteiger partial charge is 0.492 e. The van der Waals surface area contributed by atoms with Crippen LogP contribution in [-0.2, 0) is 5.41 Å². The standard InChI is InChI=1S/C32H41N7O2S/c1-20-14-15-23(31(40)36-26-17-24(32(3,4)5)18-27(37-42-8)29(26)41-7)16-28(20)39(35)19-25(33)21(2)38(6)30(34)22-12-10-9-11-13-22/h9-19,34,37H,2,33,35H2,1,3-8H3,(H,36,40)/b25-19-,34-30?. The molecule has 0 spiro atoms. The van der Waals surface area contributed by atoms with E-state index in [0.29, 0.717) is 28.4 Å². The number of benzene rings is 3. The van der Waals surface area contributed by atoms with Crippen molar-refractivity contribution in [1.29, 1.82) is 5.41 Å². The molecule has 0 unspecified atom stereocenters. The molecule has 0 radical (unpaired) electrons. The lowest BCUT2D eigenvalue weighted by Crippen LogP contribution is -2.31. The number of nitrogens with two attached hydrogens (primary N) is 2. The van der Waals surface area contributed by atoms with Crippen molar-refractivity contribution in [2.45, 2.75) is 33.1 Å². The lowest BCUT2D eigenvalue weighted by atomic mass is 9.86. The number of nitrogens with one attached hydrogen (secondary N) is 3. The molecule has 7 N–H and O–H groups in total. The molecule has 0 atom stereocenters. The molecule has 1 amide bonds. The number of methoxy groups -OCH3 is 1. The maximum Gasteiger partial charge on any atom is 0.255 e.